The Morgan fingerprint density at radius 2 is 2.37 bits per heavy atom. The van der Waals surface area contributed by atoms with Gasteiger partial charge in [-0.25, -0.2) is 0 Å². The third kappa shape index (κ3) is 3.56. The monoisotopic (exact) mass is 265 g/mol. The first-order valence-corrected chi connectivity index (χ1v) is 7.06. The van der Waals surface area contributed by atoms with E-state index < -0.39 is 11.5 Å². The van der Waals surface area contributed by atoms with E-state index in [4.69, 9.17) is 0 Å². The average molecular weight is 265 g/mol. The highest BCUT2D eigenvalue weighted by Crippen LogP contribution is 2.27. The van der Waals surface area contributed by atoms with Gasteiger partial charge in [0.25, 0.3) is 0 Å². The van der Waals surface area contributed by atoms with Gasteiger partial charge in [-0.15, -0.1) is 0 Å². The van der Waals surface area contributed by atoms with Gasteiger partial charge in [0, 0.05) is 18.8 Å². The van der Waals surface area contributed by atoms with Crippen molar-refractivity contribution in [3.8, 4) is 0 Å². The molecule has 5 nitrogen and oxygen atoms in total. The Labute approximate surface area is 114 Å². The molecule has 1 fully saturated rings. The van der Waals surface area contributed by atoms with Crippen LogP contribution < -0.4 is 5.32 Å². The molecule has 1 aromatic rings. The molecule has 1 unspecified atom stereocenters. The molecule has 1 aliphatic carbocycles. The summed E-state index contributed by atoms with van der Waals surface area (Å²) < 4.78 is 1.88. The fraction of sp³-hybridized carbons (Fsp3) is 0.714. The first-order valence-electron chi connectivity index (χ1n) is 7.06. The van der Waals surface area contributed by atoms with Gasteiger partial charge in [0.2, 0.25) is 0 Å². The summed E-state index contributed by atoms with van der Waals surface area (Å²) in [4.78, 5) is 11.6. The first-order chi connectivity index (χ1) is 9.05. The number of aliphatic carboxylic acids is 1. The molecule has 5 heteroatoms. The van der Waals surface area contributed by atoms with Gasteiger partial charge in [-0.2, -0.15) is 5.10 Å². The minimum Gasteiger partial charge on any atom is -0.480 e. The lowest BCUT2D eigenvalue weighted by atomic mass is 9.90. The summed E-state index contributed by atoms with van der Waals surface area (Å²) in [6, 6.07) is 0.406. The van der Waals surface area contributed by atoms with Crippen molar-refractivity contribution in [3.63, 3.8) is 0 Å². The Morgan fingerprint density at radius 1 is 1.63 bits per heavy atom. The molecule has 0 saturated heterocycles. The van der Waals surface area contributed by atoms with Gasteiger partial charge in [-0.1, -0.05) is 6.92 Å². The number of carbonyl (C=O) groups is 1. The van der Waals surface area contributed by atoms with Crippen LogP contribution in [0.15, 0.2) is 12.4 Å². The molecule has 0 aliphatic heterocycles. The van der Waals surface area contributed by atoms with Gasteiger partial charge >= 0.3 is 5.97 Å². The van der Waals surface area contributed by atoms with E-state index in [1.54, 1.807) is 0 Å². The zero-order valence-electron chi connectivity index (χ0n) is 11.7. The van der Waals surface area contributed by atoms with E-state index in [0.29, 0.717) is 18.9 Å². The Bertz CT molecular complexity index is 440. The summed E-state index contributed by atoms with van der Waals surface area (Å²) in [5, 5.41) is 17.1. The third-order valence-corrected chi connectivity index (χ3v) is 3.82. The molecule has 2 N–H and O–H groups in total. The molecule has 0 spiro atoms. The Hall–Kier alpha value is -1.36. The molecule has 1 aliphatic rings. The maximum absolute atomic E-state index is 11.6. The zero-order chi connectivity index (χ0) is 13.9. The molecule has 1 aromatic heterocycles. The van der Waals surface area contributed by atoms with Crippen LogP contribution in [-0.2, 0) is 11.3 Å². The normalized spacial score (nSPS) is 18.2. The van der Waals surface area contributed by atoms with Crippen LogP contribution >= 0.6 is 0 Å². The number of aryl methyl sites for hydroxylation is 2. The Kier molecular flexibility index (Phi) is 4.24. The molecule has 1 atom stereocenters. The number of hydrogen-bond donors (Lipinski definition) is 2. The largest absolute Gasteiger partial charge is 0.480 e. The van der Waals surface area contributed by atoms with Crippen LogP contribution in [0.1, 0.15) is 44.6 Å². The fourth-order valence-electron chi connectivity index (χ4n) is 2.42. The van der Waals surface area contributed by atoms with E-state index in [1.165, 1.54) is 0 Å². The van der Waals surface area contributed by atoms with Crippen LogP contribution in [0.5, 0.6) is 0 Å². The number of nitrogens with one attached hydrogen (secondary N) is 1. The molecule has 19 heavy (non-hydrogen) atoms. The van der Waals surface area contributed by atoms with E-state index in [9.17, 15) is 9.90 Å². The zero-order valence-corrected chi connectivity index (χ0v) is 11.7. The highest BCUT2D eigenvalue weighted by Gasteiger charge is 2.40. The van der Waals surface area contributed by atoms with Crippen LogP contribution in [0.3, 0.4) is 0 Å². The number of nitrogens with zero attached hydrogens (tertiary/aromatic N) is 2. The van der Waals surface area contributed by atoms with Crippen LogP contribution in [0.25, 0.3) is 0 Å². The topological polar surface area (TPSA) is 67.2 Å². The summed E-state index contributed by atoms with van der Waals surface area (Å²) >= 11 is 0. The van der Waals surface area contributed by atoms with E-state index >= 15 is 0 Å². The van der Waals surface area contributed by atoms with Crippen LogP contribution in [0.2, 0.25) is 0 Å². The summed E-state index contributed by atoms with van der Waals surface area (Å²) in [5.74, 6) is -0.724. The summed E-state index contributed by atoms with van der Waals surface area (Å²) in [6.45, 7) is 4.72. The van der Waals surface area contributed by atoms with Crippen LogP contribution in [0.4, 0.5) is 0 Å². The van der Waals surface area contributed by atoms with Gasteiger partial charge in [0.1, 0.15) is 5.54 Å². The van der Waals surface area contributed by atoms with Crippen molar-refractivity contribution in [2.75, 3.05) is 0 Å². The Morgan fingerprint density at radius 3 is 2.84 bits per heavy atom. The van der Waals surface area contributed by atoms with Crippen molar-refractivity contribution in [2.45, 2.75) is 64.1 Å². The number of carboxylic acid groups (broad SMARTS) is 1. The SMILES string of the molecule is CCC(CCCn1cc(C)cn1)(NC1CC1)C(=O)O. The maximum Gasteiger partial charge on any atom is 0.323 e. The molecular weight excluding hydrogens is 242 g/mol. The molecule has 2 rings (SSSR count). The molecule has 1 saturated carbocycles. The lowest BCUT2D eigenvalue weighted by molar-refractivity contribution is -0.145. The van der Waals surface area contributed by atoms with Crippen molar-refractivity contribution in [1.82, 2.24) is 15.1 Å². The molecule has 0 radical (unpaired) electrons. The maximum atomic E-state index is 11.6. The average Bonchev–Trinajstić information content (AvgIpc) is 3.09. The fourth-order valence-corrected chi connectivity index (χ4v) is 2.42. The van der Waals surface area contributed by atoms with Crippen molar-refractivity contribution < 1.29 is 9.90 Å². The van der Waals surface area contributed by atoms with Gasteiger partial charge in [0.05, 0.1) is 6.20 Å². The second-order valence-electron chi connectivity index (χ2n) is 5.54. The highest BCUT2D eigenvalue weighted by atomic mass is 16.4. The molecule has 1 heterocycles. The van der Waals surface area contributed by atoms with Crippen LogP contribution in [-0.4, -0.2) is 32.4 Å². The van der Waals surface area contributed by atoms with Gasteiger partial charge in [0.15, 0.2) is 0 Å². The number of rotatable bonds is 8. The van der Waals surface area contributed by atoms with Gasteiger partial charge in [-0.3, -0.25) is 14.8 Å². The minimum absolute atomic E-state index is 0.406. The van der Waals surface area contributed by atoms with E-state index in [2.05, 4.69) is 10.4 Å². The molecule has 106 valence electrons. The van der Waals surface area contributed by atoms with Gasteiger partial charge in [-0.05, 0) is 44.6 Å². The standard InChI is InChI=1S/C14H23N3O2/c1-3-14(13(18)19,16-12-5-6-12)7-4-8-17-10-11(2)9-15-17/h9-10,12,16H,3-8H2,1-2H3,(H,18,19). The molecule has 0 bridgehead atoms. The molecular formula is C14H23N3O2. The molecule has 0 aromatic carbocycles. The van der Waals surface area contributed by atoms with Crippen LogP contribution in [0, 0.1) is 6.92 Å². The van der Waals surface area contributed by atoms with E-state index in [1.807, 2.05) is 30.9 Å². The lowest BCUT2D eigenvalue weighted by Crippen LogP contribution is -2.52. The second kappa shape index (κ2) is 5.74. The summed E-state index contributed by atoms with van der Waals surface area (Å²) in [7, 11) is 0. The first kappa shape index (κ1) is 14.1. The minimum atomic E-state index is -0.761. The van der Waals surface area contributed by atoms with Crippen molar-refractivity contribution in [1.29, 1.82) is 0 Å². The predicted octanol–water partition coefficient (Wildman–Crippen LogP) is 1.96. The number of aromatic nitrogens is 2. The van der Waals surface area contributed by atoms with Gasteiger partial charge < -0.3 is 5.11 Å². The quantitative estimate of drug-likeness (QED) is 0.754. The lowest BCUT2D eigenvalue weighted by Gasteiger charge is -2.29. The van der Waals surface area contributed by atoms with Crippen molar-refractivity contribution >= 4 is 5.97 Å². The smallest absolute Gasteiger partial charge is 0.323 e. The van der Waals surface area contributed by atoms with E-state index in [-0.39, 0.29) is 0 Å². The van der Waals surface area contributed by atoms with Crippen molar-refractivity contribution in [2.24, 2.45) is 0 Å². The van der Waals surface area contributed by atoms with E-state index in [0.717, 1.165) is 31.4 Å². The summed E-state index contributed by atoms with van der Waals surface area (Å²) in [6.07, 6.45) is 8.11. The summed E-state index contributed by atoms with van der Waals surface area (Å²) in [5.41, 5.74) is 0.375. The highest BCUT2D eigenvalue weighted by molar-refractivity contribution is 5.78. The number of hydrogen-bond acceptors (Lipinski definition) is 3. The second-order valence-corrected chi connectivity index (χ2v) is 5.54. The third-order valence-electron chi connectivity index (χ3n) is 3.82. The number of carboxylic acids is 1. The molecule has 0 amide bonds. The predicted molar refractivity (Wildman–Crippen MR) is 73.0 cm³/mol. The van der Waals surface area contributed by atoms with Crippen molar-refractivity contribution in [3.05, 3.63) is 18.0 Å². The Balaban J connectivity index is 1.90.